The van der Waals surface area contributed by atoms with Crippen molar-refractivity contribution in [1.82, 2.24) is 15.5 Å². The standard InChI is InChI=1S/C24H42N4O3.HI/c1-18(2)31-15-14-28-12-10-20(11-13-28)27-23(25-5)26-17-24(3,4)19-8-9-21(29-6)22(16-19)30-7;/h8-9,16,18,20H,10-15,17H2,1-7H3,(H2,25,26,27);1H. The van der Waals surface area contributed by atoms with E-state index in [0.29, 0.717) is 12.1 Å². The number of guanidine groups is 1. The molecule has 0 unspecified atom stereocenters. The van der Waals surface area contributed by atoms with Crippen molar-refractivity contribution < 1.29 is 14.2 Å². The Morgan fingerprint density at radius 3 is 2.38 bits per heavy atom. The molecular formula is C24H43IN4O3. The van der Waals surface area contributed by atoms with Gasteiger partial charge in [0.2, 0.25) is 0 Å². The third-order valence-electron chi connectivity index (χ3n) is 5.87. The van der Waals surface area contributed by atoms with Crippen LogP contribution in [0.3, 0.4) is 0 Å². The summed E-state index contributed by atoms with van der Waals surface area (Å²) in [5.41, 5.74) is 1.08. The lowest BCUT2D eigenvalue weighted by Crippen LogP contribution is -2.50. The average molecular weight is 563 g/mol. The zero-order chi connectivity index (χ0) is 22.9. The molecule has 0 spiro atoms. The van der Waals surface area contributed by atoms with Gasteiger partial charge in [0.15, 0.2) is 17.5 Å². The molecule has 7 nitrogen and oxygen atoms in total. The predicted molar refractivity (Wildman–Crippen MR) is 143 cm³/mol. The maximum Gasteiger partial charge on any atom is 0.191 e. The van der Waals surface area contributed by atoms with Crippen LogP contribution in [0.1, 0.15) is 46.1 Å². The van der Waals surface area contributed by atoms with E-state index in [1.165, 1.54) is 5.56 Å². The van der Waals surface area contributed by atoms with Gasteiger partial charge in [-0.25, -0.2) is 0 Å². The molecule has 0 aromatic heterocycles. The summed E-state index contributed by atoms with van der Waals surface area (Å²) in [6.45, 7) is 13.4. The number of benzene rings is 1. The zero-order valence-electron chi connectivity index (χ0n) is 20.9. The Morgan fingerprint density at radius 1 is 1.16 bits per heavy atom. The van der Waals surface area contributed by atoms with Crippen molar-refractivity contribution in [3.8, 4) is 11.5 Å². The van der Waals surface area contributed by atoms with E-state index in [2.05, 4.69) is 60.4 Å². The molecule has 8 heteroatoms. The molecule has 0 atom stereocenters. The minimum absolute atomic E-state index is 0. The van der Waals surface area contributed by atoms with Crippen LogP contribution in [-0.4, -0.2) is 77.1 Å². The summed E-state index contributed by atoms with van der Waals surface area (Å²) in [5.74, 6) is 2.35. The van der Waals surface area contributed by atoms with E-state index >= 15 is 0 Å². The number of methoxy groups -OCH3 is 2. The molecule has 1 aliphatic heterocycles. The van der Waals surface area contributed by atoms with Gasteiger partial charge in [-0.15, -0.1) is 24.0 Å². The fourth-order valence-electron chi connectivity index (χ4n) is 3.77. The van der Waals surface area contributed by atoms with Gasteiger partial charge in [0.25, 0.3) is 0 Å². The van der Waals surface area contributed by atoms with Crippen LogP contribution in [0.5, 0.6) is 11.5 Å². The van der Waals surface area contributed by atoms with E-state index in [9.17, 15) is 0 Å². The maximum atomic E-state index is 5.68. The molecule has 1 saturated heterocycles. The molecule has 0 bridgehead atoms. The molecule has 0 aliphatic carbocycles. The Bertz CT molecular complexity index is 704. The van der Waals surface area contributed by atoms with E-state index in [-0.39, 0.29) is 29.4 Å². The SMILES string of the molecule is CN=C(NCC(C)(C)c1ccc(OC)c(OC)c1)NC1CCN(CCOC(C)C)CC1.I. The fraction of sp³-hybridized carbons (Fsp3) is 0.708. The van der Waals surface area contributed by atoms with Crippen LogP contribution in [0.25, 0.3) is 0 Å². The van der Waals surface area contributed by atoms with Crippen molar-refractivity contribution in [3.63, 3.8) is 0 Å². The number of aliphatic imine (C=N–C) groups is 1. The first-order valence-corrected chi connectivity index (χ1v) is 11.3. The molecule has 1 heterocycles. The number of hydrogen-bond donors (Lipinski definition) is 2. The number of rotatable bonds is 10. The van der Waals surface area contributed by atoms with Crippen molar-refractivity contribution in [2.45, 2.75) is 58.1 Å². The lowest BCUT2D eigenvalue weighted by Gasteiger charge is -2.34. The summed E-state index contributed by atoms with van der Waals surface area (Å²) in [6.07, 6.45) is 2.53. The van der Waals surface area contributed by atoms with E-state index < -0.39 is 0 Å². The molecule has 0 amide bonds. The smallest absolute Gasteiger partial charge is 0.191 e. The lowest BCUT2D eigenvalue weighted by molar-refractivity contribution is 0.0532. The Labute approximate surface area is 211 Å². The molecule has 0 saturated carbocycles. The summed E-state index contributed by atoms with van der Waals surface area (Å²) < 4.78 is 16.5. The third kappa shape index (κ3) is 8.94. The summed E-state index contributed by atoms with van der Waals surface area (Å²) in [4.78, 5) is 6.93. The lowest BCUT2D eigenvalue weighted by atomic mass is 9.84. The summed E-state index contributed by atoms with van der Waals surface area (Å²) in [7, 11) is 5.16. The molecule has 1 fully saturated rings. The number of piperidine rings is 1. The average Bonchev–Trinajstić information content (AvgIpc) is 2.76. The van der Waals surface area contributed by atoms with Crippen LogP contribution in [0.2, 0.25) is 0 Å². The number of ether oxygens (including phenoxy) is 3. The molecule has 1 aromatic carbocycles. The highest BCUT2D eigenvalue weighted by atomic mass is 127. The van der Waals surface area contributed by atoms with Gasteiger partial charge in [0.1, 0.15) is 0 Å². The van der Waals surface area contributed by atoms with Crippen molar-refractivity contribution in [3.05, 3.63) is 23.8 Å². The summed E-state index contributed by atoms with van der Waals surface area (Å²) in [5, 5.41) is 7.11. The summed E-state index contributed by atoms with van der Waals surface area (Å²) in [6, 6.07) is 6.55. The Hall–Kier alpha value is -1.26. The van der Waals surface area contributed by atoms with Crippen LogP contribution < -0.4 is 20.1 Å². The molecule has 0 radical (unpaired) electrons. The number of likely N-dealkylation sites (tertiary alicyclic amines) is 1. The van der Waals surface area contributed by atoms with Crippen molar-refractivity contribution in [2.24, 2.45) is 4.99 Å². The first-order valence-electron chi connectivity index (χ1n) is 11.3. The fourth-order valence-corrected chi connectivity index (χ4v) is 3.77. The van der Waals surface area contributed by atoms with Gasteiger partial charge >= 0.3 is 0 Å². The topological polar surface area (TPSA) is 67.4 Å². The van der Waals surface area contributed by atoms with Gasteiger partial charge in [-0.3, -0.25) is 4.99 Å². The minimum Gasteiger partial charge on any atom is -0.493 e. The molecule has 2 N–H and O–H groups in total. The molecule has 1 aromatic rings. The van der Waals surface area contributed by atoms with Crippen molar-refractivity contribution >= 4 is 29.9 Å². The second-order valence-corrected chi connectivity index (χ2v) is 9.06. The molecule has 184 valence electrons. The van der Waals surface area contributed by atoms with E-state index in [1.54, 1.807) is 14.2 Å². The van der Waals surface area contributed by atoms with Crippen LogP contribution >= 0.6 is 24.0 Å². The normalized spacial score (nSPS) is 15.9. The predicted octanol–water partition coefficient (Wildman–Crippen LogP) is 3.65. The molecule has 2 rings (SSSR count). The highest BCUT2D eigenvalue weighted by molar-refractivity contribution is 14.0. The maximum absolute atomic E-state index is 5.68. The van der Waals surface area contributed by atoms with E-state index in [1.807, 2.05) is 13.1 Å². The van der Waals surface area contributed by atoms with Crippen molar-refractivity contribution in [1.29, 1.82) is 0 Å². The van der Waals surface area contributed by atoms with Crippen LogP contribution in [0, 0.1) is 0 Å². The number of halogens is 1. The zero-order valence-corrected chi connectivity index (χ0v) is 23.2. The minimum atomic E-state index is -0.100. The van der Waals surface area contributed by atoms with Crippen LogP contribution in [0.4, 0.5) is 0 Å². The Morgan fingerprint density at radius 2 is 1.81 bits per heavy atom. The second-order valence-electron chi connectivity index (χ2n) is 9.06. The van der Waals surface area contributed by atoms with Crippen molar-refractivity contribution in [2.75, 3.05) is 54.1 Å². The van der Waals surface area contributed by atoms with Gasteiger partial charge in [0.05, 0.1) is 26.9 Å². The number of nitrogens with one attached hydrogen (secondary N) is 2. The Balaban J connectivity index is 0.00000512. The first kappa shape index (κ1) is 28.8. The monoisotopic (exact) mass is 562 g/mol. The number of hydrogen-bond acceptors (Lipinski definition) is 5. The molecular weight excluding hydrogens is 519 g/mol. The quantitative estimate of drug-likeness (QED) is 0.258. The van der Waals surface area contributed by atoms with E-state index in [4.69, 9.17) is 14.2 Å². The second kappa shape index (κ2) is 14.1. The van der Waals surface area contributed by atoms with Gasteiger partial charge < -0.3 is 29.7 Å². The van der Waals surface area contributed by atoms with Gasteiger partial charge in [0, 0.05) is 44.7 Å². The highest BCUT2D eigenvalue weighted by Crippen LogP contribution is 2.32. The van der Waals surface area contributed by atoms with Gasteiger partial charge in [-0.05, 0) is 44.4 Å². The van der Waals surface area contributed by atoms with Crippen LogP contribution in [0.15, 0.2) is 23.2 Å². The van der Waals surface area contributed by atoms with Gasteiger partial charge in [-0.1, -0.05) is 19.9 Å². The Kier molecular flexibility index (Phi) is 12.7. The summed E-state index contributed by atoms with van der Waals surface area (Å²) >= 11 is 0. The first-order chi connectivity index (χ1) is 14.8. The molecule has 32 heavy (non-hydrogen) atoms. The number of nitrogens with zero attached hydrogens (tertiary/aromatic N) is 2. The van der Waals surface area contributed by atoms with Gasteiger partial charge in [-0.2, -0.15) is 0 Å². The largest absolute Gasteiger partial charge is 0.493 e. The van der Waals surface area contributed by atoms with Crippen LogP contribution in [-0.2, 0) is 10.2 Å². The van der Waals surface area contributed by atoms with E-state index in [0.717, 1.165) is 63.1 Å². The highest BCUT2D eigenvalue weighted by Gasteiger charge is 2.24. The third-order valence-corrected chi connectivity index (χ3v) is 5.87. The molecule has 1 aliphatic rings.